The van der Waals surface area contributed by atoms with E-state index in [1.165, 1.54) is 11.2 Å². The lowest BCUT2D eigenvalue weighted by Gasteiger charge is -2.26. The van der Waals surface area contributed by atoms with Crippen molar-refractivity contribution < 1.29 is 22.7 Å². The van der Waals surface area contributed by atoms with Gasteiger partial charge in [-0.15, -0.1) is 0 Å². The van der Waals surface area contributed by atoms with Crippen LogP contribution in [-0.4, -0.2) is 50.7 Å². The van der Waals surface area contributed by atoms with Crippen molar-refractivity contribution in [1.29, 1.82) is 0 Å². The molecule has 1 N–H and O–H groups in total. The molecule has 1 aliphatic heterocycles. The fourth-order valence-electron chi connectivity index (χ4n) is 3.06. The number of nitrogens with zero attached hydrogens (tertiary/aromatic N) is 1. The number of ether oxygens (including phenoxy) is 1. The number of sulfonamides is 1. The number of benzene rings is 2. The molecule has 3 rings (SSSR count). The van der Waals surface area contributed by atoms with Crippen LogP contribution in [0.15, 0.2) is 53.4 Å². The fraction of sp³-hybridized carbons (Fsp3) is 0.333. The Morgan fingerprint density at radius 2 is 1.76 bits per heavy atom. The molecule has 7 nitrogen and oxygen atoms in total. The summed E-state index contributed by atoms with van der Waals surface area (Å²) in [7, 11) is -3.52. The molecule has 2 aromatic rings. The molecule has 0 atom stereocenters. The van der Waals surface area contributed by atoms with Crippen molar-refractivity contribution in [2.24, 2.45) is 0 Å². The predicted molar refractivity (Wildman–Crippen MR) is 109 cm³/mol. The first-order valence-corrected chi connectivity index (χ1v) is 10.9. The summed E-state index contributed by atoms with van der Waals surface area (Å²) in [5.41, 5.74) is 1.99. The van der Waals surface area contributed by atoms with Crippen molar-refractivity contribution in [3.8, 4) is 0 Å². The summed E-state index contributed by atoms with van der Waals surface area (Å²) in [5.74, 6) is -0.232. The first-order valence-electron chi connectivity index (χ1n) is 9.44. The molecule has 0 unspecified atom stereocenters. The number of morpholine rings is 1. The summed E-state index contributed by atoms with van der Waals surface area (Å²) in [4.78, 5) is 23.9. The minimum atomic E-state index is -3.52. The van der Waals surface area contributed by atoms with E-state index in [2.05, 4.69) is 5.32 Å². The summed E-state index contributed by atoms with van der Waals surface area (Å²) >= 11 is 0. The van der Waals surface area contributed by atoms with E-state index in [9.17, 15) is 18.0 Å². The van der Waals surface area contributed by atoms with Crippen LogP contribution >= 0.6 is 0 Å². The highest BCUT2D eigenvalue weighted by Crippen LogP contribution is 2.18. The Kier molecular flexibility index (Phi) is 6.79. The maximum absolute atomic E-state index is 12.6. The van der Waals surface area contributed by atoms with Crippen LogP contribution in [0.3, 0.4) is 0 Å². The topological polar surface area (TPSA) is 92.8 Å². The number of ketones is 1. The zero-order chi connectivity index (χ0) is 20.9. The number of carbonyl (C=O) groups is 2. The highest BCUT2D eigenvalue weighted by molar-refractivity contribution is 7.89. The molecule has 2 aromatic carbocycles. The maximum Gasteiger partial charge on any atom is 0.243 e. The molecule has 154 valence electrons. The van der Waals surface area contributed by atoms with Crippen molar-refractivity contribution in [2.45, 2.75) is 24.7 Å². The second-order valence-electron chi connectivity index (χ2n) is 6.85. The van der Waals surface area contributed by atoms with E-state index in [1.54, 1.807) is 48.5 Å². The Morgan fingerprint density at radius 3 is 2.41 bits per heavy atom. The van der Waals surface area contributed by atoms with Crippen LogP contribution in [0.25, 0.3) is 0 Å². The molecule has 1 amide bonds. The molecule has 1 heterocycles. The fourth-order valence-corrected chi connectivity index (χ4v) is 4.47. The average molecular weight is 416 g/mol. The summed E-state index contributed by atoms with van der Waals surface area (Å²) in [6.07, 6.45) is 0.732. The van der Waals surface area contributed by atoms with Crippen molar-refractivity contribution in [3.05, 3.63) is 59.7 Å². The van der Waals surface area contributed by atoms with Gasteiger partial charge in [0.15, 0.2) is 5.78 Å². The molecule has 0 aromatic heterocycles. The Labute approximate surface area is 170 Å². The van der Waals surface area contributed by atoms with Crippen LogP contribution in [0.5, 0.6) is 0 Å². The number of nitrogens with one attached hydrogen (secondary N) is 1. The van der Waals surface area contributed by atoms with Gasteiger partial charge in [-0.05, 0) is 43.2 Å². The molecule has 0 spiro atoms. The molecular weight excluding hydrogens is 392 g/mol. The van der Waals surface area contributed by atoms with Gasteiger partial charge in [0.1, 0.15) is 0 Å². The molecule has 0 aliphatic carbocycles. The van der Waals surface area contributed by atoms with E-state index in [1.807, 2.05) is 0 Å². The third-order valence-corrected chi connectivity index (χ3v) is 6.64. The minimum absolute atomic E-state index is 0.0618. The second kappa shape index (κ2) is 9.30. The number of carbonyl (C=O) groups excluding carboxylic acids is 2. The molecule has 29 heavy (non-hydrogen) atoms. The Morgan fingerprint density at radius 1 is 1.07 bits per heavy atom. The van der Waals surface area contributed by atoms with E-state index >= 15 is 0 Å². The van der Waals surface area contributed by atoms with Crippen LogP contribution in [-0.2, 0) is 26.0 Å². The van der Waals surface area contributed by atoms with Gasteiger partial charge >= 0.3 is 0 Å². The molecule has 1 aliphatic rings. The van der Waals surface area contributed by atoms with Crippen molar-refractivity contribution in [1.82, 2.24) is 4.31 Å². The smallest absolute Gasteiger partial charge is 0.243 e. The monoisotopic (exact) mass is 416 g/mol. The summed E-state index contributed by atoms with van der Waals surface area (Å²) in [6, 6.07) is 13.4. The normalized spacial score (nSPS) is 15.1. The van der Waals surface area contributed by atoms with E-state index in [0.29, 0.717) is 44.0 Å². The van der Waals surface area contributed by atoms with E-state index in [4.69, 9.17) is 4.74 Å². The molecule has 0 saturated carbocycles. The van der Waals surface area contributed by atoms with Crippen LogP contribution in [0.2, 0.25) is 0 Å². The van der Waals surface area contributed by atoms with Crippen LogP contribution in [0.1, 0.15) is 29.3 Å². The van der Waals surface area contributed by atoms with Crippen LogP contribution < -0.4 is 5.32 Å². The van der Waals surface area contributed by atoms with Gasteiger partial charge in [-0.3, -0.25) is 9.59 Å². The molecular formula is C21H24N2O5S. The summed E-state index contributed by atoms with van der Waals surface area (Å²) in [5, 5.41) is 2.78. The highest BCUT2D eigenvalue weighted by atomic mass is 32.2. The number of rotatable bonds is 7. The molecule has 1 saturated heterocycles. The third kappa shape index (κ3) is 5.50. The van der Waals surface area contributed by atoms with Crippen molar-refractivity contribution in [2.75, 3.05) is 31.6 Å². The summed E-state index contributed by atoms with van der Waals surface area (Å²) in [6.45, 7) is 3.00. The van der Waals surface area contributed by atoms with Gasteiger partial charge in [-0.25, -0.2) is 8.42 Å². The van der Waals surface area contributed by atoms with E-state index < -0.39 is 10.0 Å². The lowest BCUT2D eigenvalue weighted by Crippen LogP contribution is -2.40. The predicted octanol–water partition coefficient (Wildman–Crippen LogP) is 2.48. The zero-order valence-electron chi connectivity index (χ0n) is 16.3. The molecule has 0 radical (unpaired) electrons. The SMILES string of the molecule is CC(=O)c1cccc(NC(=O)CCc2ccc(S(=O)(=O)N3CCOCC3)cc2)c1. The van der Waals surface area contributed by atoms with Gasteiger partial charge in [-0.2, -0.15) is 4.31 Å². The number of anilines is 1. The Hall–Kier alpha value is -2.55. The zero-order valence-corrected chi connectivity index (χ0v) is 17.1. The third-order valence-electron chi connectivity index (χ3n) is 4.72. The maximum atomic E-state index is 12.6. The van der Waals surface area contributed by atoms with Gasteiger partial charge in [0, 0.05) is 30.8 Å². The van der Waals surface area contributed by atoms with Crippen LogP contribution in [0.4, 0.5) is 5.69 Å². The number of hydrogen-bond acceptors (Lipinski definition) is 5. The van der Waals surface area contributed by atoms with E-state index in [-0.39, 0.29) is 23.0 Å². The van der Waals surface area contributed by atoms with Crippen molar-refractivity contribution in [3.63, 3.8) is 0 Å². The summed E-state index contributed by atoms with van der Waals surface area (Å²) < 4.78 is 31.9. The lowest BCUT2D eigenvalue weighted by molar-refractivity contribution is -0.116. The minimum Gasteiger partial charge on any atom is -0.379 e. The molecule has 0 bridgehead atoms. The van der Waals surface area contributed by atoms with E-state index in [0.717, 1.165) is 5.56 Å². The van der Waals surface area contributed by atoms with Gasteiger partial charge in [0.25, 0.3) is 0 Å². The van der Waals surface area contributed by atoms with Crippen molar-refractivity contribution >= 4 is 27.4 Å². The van der Waals surface area contributed by atoms with Gasteiger partial charge in [-0.1, -0.05) is 24.3 Å². The standard InChI is InChI=1S/C21H24N2O5S/c1-16(24)18-3-2-4-19(15-18)22-21(25)10-7-17-5-8-20(9-6-17)29(26,27)23-11-13-28-14-12-23/h2-6,8-9,15H,7,10-14H2,1H3,(H,22,25). The first-order chi connectivity index (χ1) is 13.9. The van der Waals surface area contributed by atoms with Gasteiger partial charge in [0.2, 0.25) is 15.9 Å². The quantitative estimate of drug-likeness (QED) is 0.700. The second-order valence-corrected chi connectivity index (χ2v) is 8.78. The van der Waals surface area contributed by atoms with Gasteiger partial charge in [0.05, 0.1) is 18.1 Å². The van der Waals surface area contributed by atoms with Gasteiger partial charge < -0.3 is 10.1 Å². The average Bonchev–Trinajstić information content (AvgIpc) is 2.73. The van der Waals surface area contributed by atoms with Crippen LogP contribution in [0, 0.1) is 0 Å². The Bertz CT molecular complexity index is 980. The number of amides is 1. The lowest BCUT2D eigenvalue weighted by atomic mass is 10.1. The number of hydrogen-bond donors (Lipinski definition) is 1. The molecule has 8 heteroatoms. The first kappa shape index (κ1) is 21.2. The number of Topliss-reactive ketones (excluding diaryl/α,β-unsaturated/α-hetero) is 1. The largest absolute Gasteiger partial charge is 0.379 e. The number of aryl methyl sites for hydroxylation is 1. The highest BCUT2D eigenvalue weighted by Gasteiger charge is 2.26. The molecule has 1 fully saturated rings. The Balaban J connectivity index is 1.56.